The van der Waals surface area contributed by atoms with Crippen molar-refractivity contribution < 1.29 is 14.3 Å². The van der Waals surface area contributed by atoms with Gasteiger partial charge >= 0.3 is 0 Å². The predicted octanol–water partition coefficient (Wildman–Crippen LogP) is 6.56. The highest BCUT2D eigenvalue weighted by Gasteiger charge is 2.53. The highest BCUT2D eigenvalue weighted by Crippen LogP contribution is 2.60. The summed E-state index contributed by atoms with van der Waals surface area (Å²) >= 11 is 0. The van der Waals surface area contributed by atoms with Crippen LogP contribution in [-0.4, -0.2) is 12.9 Å². The Hall–Kier alpha value is -2.55. The summed E-state index contributed by atoms with van der Waals surface area (Å²) < 4.78 is 11.7. The molecule has 4 saturated carbocycles. The van der Waals surface area contributed by atoms with Crippen molar-refractivity contribution in [1.82, 2.24) is 0 Å². The van der Waals surface area contributed by atoms with E-state index in [2.05, 4.69) is 24.3 Å². The maximum absolute atomic E-state index is 13.3. The Bertz CT molecular complexity index is 1060. The Morgan fingerprint density at radius 1 is 0.970 bits per heavy atom. The van der Waals surface area contributed by atoms with Gasteiger partial charge in [0.15, 0.2) is 5.78 Å². The van der Waals surface area contributed by atoms with Crippen LogP contribution in [0.4, 0.5) is 0 Å². The van der Waals surface area contributed by atoms with Gasteiger partial charge in [-0.25, -0.2) is 0 Å². The second kappa shape index (κ2) is 8.34. The molecule has 0 aromatic heterocycles. The van der Waals surface area contributed by atoms with E-state index in [-0.39, 0.29) is 5.41 Å². The van der Waals surface area contributed by atoms with Crippen molar-refractivity contribution >= 4 is 11.9 Å². The van der Waals surface area contributed by atoms with Gasteiger partial charge in [0.2, 0.25) is 0 Å². The molecule has 0 radical (unpaired) electrons. The molecule has 3 nitrogen and oxygen atoms in total. The van der Waals surface area contributed by atoms with E-state index in [4.69, 9.17) is 9.47 Å². The summed E-state index contributed by atoms with van der Waals surface area (Å²) in [5, 5.41) is 0. The van der Waals surface area contributed by atoms with Gasteiger partial charge in [-0.2, -0.15) is 0 Å². The minimum Gasteiger partial charge on any atom is -0.496 e. The average Bonchev–Trinajstić information content (AvgIpc) is 3.28. The lowest BCUT2D eigenvalue weighted by Gasteiger charge is -2.55. The van der Waals surface area contributed by atoms with Crippen LogP contribution in [0.1, 0.15) is 67.2 Å². The number of methoxy groups -OCH3 is 1. The van der Waals surface area contributed by atoms with E-state index in [0.717, 1.165) is 66.1 Å². The molecule has 2 aromatic rings. The minimum atomic E-state index is -0.0722. The maximum atomic E-state index is 13.3. The number of hydrogen-bond donors (Lipinski definition) is 0. The van der Waals surface area contributed by atoms with Crippen molar-refractivity contribution in [1.29, 1.82) is 0 Å². The van der Waals surface area contributed by atoms with Gasteiger partial charge in [-0.05, 0) is 123 Å². The summed E-state index contributed by atoms with van der Waals surface area (Å²) in [6, 6.07) is 12.6. The van der Waals surface area contributed by atoms with Gasteiger partial charge < -0.3 is 9.47 Å². The first-order valence-corrected chi connectivity index (χ1v) is 12.7. The van der Waals surface area contributed by atoms with Crippen molar-refractivity contribution in [3.8, 4) is 11.5 Å². The van der Waals surface area contributed by atoms with E-state index in [1.54, 1.807) is 7.11 Å². The first-order valence-electron chi connectivity index (χ1n) is 12.7. The summed E-state index contributed by atoms with van der Waals surface area (Å²) in [4.78, 5) is 13.3. The zero-order valence-corrected chi connectivity index (χ0v) is 19.6. The summed E-state index contributed by atoms with van der Waals surface area (Å²) in [7, 11) is 1.69. The molecule has 0 spiro atoms. The van der Waals surface area contributed by atoms with Crippen molar-refractivity contribution in [2.75, 3.05) is 7.11 Å². The molecule has 5 aliphatic carbocycles. The predicted molar refractivity (Wildman–Crippen MR) is 130 cm³/mol. The number of rotatable bonds is 7. The van der Waals surface area contributed by atoms with Crippen LogP contribution in [0.5, 0.6) is 11.5 Å². The van der Waals surface area contributed by atoms with Gasteiger partial charge in [0.25, 0.3) is 0 Å². The second-order valence-corrected chi connectivity index (χ2v) is 11.0. The average molecular weight is 443 g/mol. The molecule has 0 amide bonds. The quantitative estimate of drug-likeness (QED) is 0.456. The van der Waals surface area contributed by atoms with E-state index in [9.17, 15) is 4.79 Å². The first-order chi connectivity index (χ1) is 16.1. The van der Waals surface area contributed by atoms with E-state index in [0.29, 0.717) is 12.4 Å². The Balaban J connectivity index is 1.16. The van der Waals surface area contributed by atoms with Gasteiger partial charge in [-0.1, -0.05) is 18.2 Å². The van der Waals surface area contributed by atoms with E-state index in [1.807, 2.05) is 24.3 Å². The third kappa shape index (κ3) is 4.00. The molecule has 0 N–H and O–H groups in total. The molecule has 4 bridgehead atoms. The Morgan fingerprint density at radius 2 is 1.70 bits per heavy atom. The Morgan fingerprint density at radius 3 is 2.42 bits per heavy atom. The smallest absolute Gasteiger partial charge is 0.161 e. The van der Waals surface area contributed by atoms with Crippen LogP contribution in [-0.2, 0) is 24.2 Å². The monoisotopic (exact) mass is 442 g/mol. The molecule has 0 heterocycles. The Kier molecular flexibility index (Phi) is 5.31. The number of fused-ring (bicyclic) bond motifs is 1. The molecule has 7 rings (SSSR count). The van der Waals surface area contributed by atoms with Crippen molar-refractivity contribution in [3.05, 3.63) is 64.7 Å². The maximum Gasteiger partial charge on any atom is 0.161 e. The topological polar surface area (TPSA) is 35.5 Å². The molecule has 0 saturated heterocycles. The summed E-state index contributed by atoms with van der Waals surface area (Å²) in [5.74, 6) is 4.46. The molecule has 0 atom stereocenters. The van der Waals surface area contributed by atoms with Gasteiger partial charge in [0, 0.05) is 11.0 Å². The summed E-state index contributed by atoms with van der Waals surface area (Å²) in [5.41, 5.74) is 4.83. The third-order valence-corrected chi connectivity index (χ3v) is 8.76. The van der Waals surface area contributed by atoms with E-state index >= 15 is 0 Å². The lowest BCUT2D eigenvalue weighted by atomic mass is 9.48. The zero-order valence-electron chi connectivity index (χ0n) is 19.6. The van der Waals surface area contributed by atoms with Gasteiger partial charge in [-0.3, -0.25) is 4.79 Å². The molecule has 0 aliphatic heterocycles. The fourth-order valence-electron chi connectivity index (χ4n) is 7.58. The number of ether oxygens (including phenoxy) is 2. The largest absolute Gasteiger partial charge is 0.496 e. The molecule has 3 heteroatoms. The number of ketones is 1. The standard InChI is InChI=1S/C30H34O3/c1-32-28-9-5-20(14-26(28)19-33-27-8-7-24-3-2-4-25(24)15-27)6-10-29(31)30-16-21-11-22(17-30)13-23(12-21)18-30/h5-10,14-15,21-23H,2-4,11-13,16-19H2,1H3/b10-6+. The second-order valence-electron chi connectivity index (χ2n) is 11.0. The third-order valence-electron chi connectivity index (χ3n) is 8.76. The molecule has 172 valence electrons. The van der Waals surface area contributed by atoms with Crippen LogP contribution in [0, 0.1) is 23.2 Å². The van der Waals surface area contributed by atoms with Gasteiger partial charge in [-0.15, -0.1) is 0 Å². The highest BCUT2D eigenvalue weighted by atomic mass is 16.5. The van der Waals surface area contributed by atoms with Crippen molar-refractivity contribution in [2.45, 2.75) is 64.4 Å². The number of carbonyl (C=O) groups excluding carboxylic acids is 1. The van der Waals surface area contributed by atoms with Gasteiger partial charge in [0.05, 0.1) is 7.11 Å². The fourth-order valence-corrected chi connectivity index (χ4v) is 7.58. The first kappa shape index (κ1) is 21.0. The minimum absolute atomic E-state index is 0.0722. The number of allylic oxidation sites excluding steroid dienone is 1. The molecule has 33 heavy (non-hydrogen) atoms. The molecule has 5 aliphatic rings. The lowest BCUT2D eigenvalue weighted by Crippen LogP contribution is -2.49. The van der Waals surface area contributed by atoms with E-state index < -0.39 is 0 Å². The molecular formula is C30H34O3. The van der Waals surface area contributed by atoms with Crippen molar-refractivity contribution in [3.63, 3.8) is 0 Å². The molecule has 0 unspecified atom stereocenters. The normalized spacial score (nSPS) is 29.4. The lowest BCUT2D eigenvalue weighted by molar-refractivity contribution is -0.138. The summed E-state index contributed by atoms with van der Waals surface area (Å²) in [6.45, 7) is 0.451. The number of benzene rings is 2. The molecule has 4 fully saturated rings. The molecular weight excluding hydrogens is 408 g/mol. The number of carbonyl (C=O) groups is 1. The number of aryl methyl sites for hydroxylation is 2. The fraction of sp³-hybridized carbons (Fsp3) is 0.500. The van der Waals surface area contributed by atoms with Crippen molar-refractivity contribution in [2.24, 2.45) is 23.2 Å². The Labute approximate surface area is 197 Å². The molecule has 2 aromatic carbocycles. The van der Waals surface area contributed by atoms with Crippen LogP contribution in [0.25, 0.3) is 6.08 Å². The number of hydrogen-bond acceptors (Lipinski definition) is 3. The van der Waals surface area contributed by atoms with Crippen LogP contribution >= 0.6 is 0 Å². The van der Waals surface area contributed by atoms with Crippen LogP contribution in [0.3, 0.4) is 0 Å². The van der Waals surface area contributed by atoms with Gasteiger partial charge in [0.1, 0.15) is 18.1 Å². The van der Waals surface area contributed by atoms with Crippen LogP contribution in [0.15, 0.2) is 42.5 Å². The van der Waals surface area contributed by atoms with E-state index in [1.165, 1.54) is 43.2 Å². The zero-order chi connectivity index (χ0) is 22.4. The highest BCUT2D eigenvalue weighted by molar-refractivity contribution is 5.98. The summed E-state index contributed by atoms with van der Waals surface area (Å²) in [6.07, 6.45) is 14.9. The van der Waals surface area contributed by atoms with Crippen LogP contribution < -0.4 is 9.47 Å². The SMILES string of the molecule is COc1ccc(/C=C/C(=O)C23CC4CC(CC(C4)C2)C3)cc1COc1ccc2c(c1)CCC2. The van der Waals surface area contributed by atoms with Crippen LogP contribution in [0.2, 0.25) is 0 Å².